The number of esters is 1. The van der Waals surface area contributed by atoms with Crippen molar-refractivity contribution in [2.45, 2.75) is 19.8 Å². The van der Waals surface area contributed by atoms with Gasteiger partial charge in [-0.05, 0) is 32.9 Å². The summed E-state index contributed by atoms with van der Waals surface area (Å²) in [5.74, 6) is 0.0613. The van der Waals surface area contributed by atoms with Crippen molar-refractivity contribution in [3.63, 3.8) is 0 Å². The van der Waals surface area contributed by atoms with Crippen molar-refractivity contribution in [1.29, 1.82) is 0 Å². The number of likely N-dealkylation sites (tertiary alicyclic amines) is 1. The Kier molecular flexibility index (Phi) is 5.73. The zero-order valence-corrected chi connectivity index (χ0v) is 9.87. The Morgan fingerprint density at radius 1 is 1.53 bits per heavy atom. The second kappa shape index (κ2) is 6.85. The van der Waals surface area contributed by atoms with Crippen LogP contribution in [0.3, 0.4) is 0 Å². The summed E-state index contributed by atoms with van der Waals surface area (Å²) in [6.45, 7) is 5.10. The van der Waals surface area contributed by atoms with E-state index in [0.29, 0.717) is 6.61 Å². The third-order valence-corrected chi connectivity index (χ3v) is 2.84. The van der Waals surface area contributed by atoms with Gasteiger partial charge in [-0.3, -0.25) is 9.69 Å². The molecular formula is C11H18ClNO2. The molecule has 1 heterocycles. The second-order valence-corrected chi connectivity index (χ2v) is 3.94. The van der Waals surface area contributed by atoms with Crippen LogP contribution in [0.1, 0.15) is 19.8 Å². The molecule has 1 aliphatic rings. The van der Waals surface area contributed by atoms with Crippen LogP contribution >= 0.6 is 11.6 Å². The zero-order valence-electron chi connectivity index (χ0n) is 9.12. The highest BCUT2D eigenvalue weighted by Gasteiger charge is 2.25. The topological polar surface area (TPSA) is 29.5 Å². The van der Waals surface area contributed by atoms with Crippen molar-refractivity contribution >= 4 is 17.6 Å². The molecule has 1 rings (SSSR count). The van der Waals surface area contributed by atoms with Gasteiger partial charge in [0.25, 0.3) is 0 Å². The van der Waals surface area contributed by atoms with Crippen LogP contribution in [0.15, 0.2) is 11.6 Å². The van der Waals surface area contributed by atoms with Gasteiger partial charge in [0.2, 0.25) is 0 Å². The second-order valence-electron chi connectivity index (χ2n) is 3.69. The number of hydrogen-bond donors (Lipinski definition) is 0. The predicted octanol–water partition coefficient (Wildman–Crippen LogP) is 2.01. The first kappa shape index (κ1) is 12.5. The van der Waals surface area contributed by atoms with Gasteiger partial charge in [-0.15, -0.1) is 0 Å². The first-order valence-corrected chi connectivity index (χ1v) is 5.85. The molecule has 4 heteroatoms. The molecule has 1 saturated heterocycles. The van der Waals surface area contributed by atoms with Crippen molar-refractivity contribution < 1.29 is 9.53 Å². The lowest BCUT2D eigenvalue weighted by Crippen LogP contribution is -2.36. The first-order chi connectivity index (χ1) is 7.27. The molecule has 0 amide bonds. The molecule has 0 aliphatic carbocycles. The fourth-order valence-corrected chi connectivity index (χ4v) is 1.88. The third kappa shape index (κ3) is 4.22. The van der Waals surface area contributed by atoms with Gasteiger partial charge in [0.1, 0.15) is 0 Å². The summed E-state index contributed by atoms with van der Waals surface area (Å²) in [6.07, 6.45) is 3.72. The van der Waals surface area contributed by atoms with Gasteiger partial charge in [0.15, 0.2) is 0 Å². The Balaban J connectivity index is 2.26. The number of carbonyl (C=O) groups excluding carboxylic acids is 1. The predicted molar refractivity (Wildman–Crippen MR) is 60.8 cm³/mol. The number of ether oxygens (including phenoxy) is 1. The molecule has 3 nitrogen and oxygen atoms in total. The lowest BCUT2D eigenvalue weighted by atomic mass is 9.97. The smallest absolute Gasteiger partial charge is 0.309 e. The highest BCUT2D eigenvalue weighted by atomic mass is 35.5. The summed E-state index contributed by atoms with van der Waals surface area (Å²) >= 11 is 5.46. The Morgan fingerprint density at radius 2 is 2.20 bits per heavy atom. The van der Waals surface area contributed by atoms with Gasteiger partial charge in [-0.1, -0.05) is 17.7 Å². The molecule has 1 aliphatic heterocycles. The molecule has 15 heavy (non-hydrogen) atoms. The van der Waals surface area contributed by atoms with E-state index < -0.39 is 0 Å². The summed E-state index contributed by atoms with van der Waals surface area (Å²) in [5.41, 5.74) is 1.54. The normalized spacial score (nSPS) is 19.6. The van der Waals surface area contributed by atoms with E-state index in [1.165, 1.54) is 5.54 Å². The summed E-state index contributed by atoms with van der Waals surface area (Å²) < 4.78 is 5.01. The SMILES string of the molecule is CCOC(=O)C1CCN(C/C=C/Cl)CC1. The minimum atomic E-state index is -0.0370. The maximum atomic E-state index is 11.4. The van der Waals surface area contributed by atoms with Gasteiger partial charge >= 0.3 is 5.97 Å². The molecule has 0 saturated carbocycles. The summed E-state index contributed by atoms with van der Waals surface area (Å²) in [5, 5.41) is 0. The van der Waals surface area contributed by atoms with Crippen molar-refractivity contribution in [3.8, 4) is 0 Å². The number of nitrogens with zero attached hydrogens (tertiary/aromatic N) is 1. The highest BCUT2D eigenvalue weighted by Crippen LogP contribution is 2.18. The number of carbonyl (C=O) groups is 1. The summed E-state index contributed by atoms with van der Waals surface area (Å²) in [6, 6.07) is 0. The van der Waals surface area contributed by atoms with E-state index in [9.17, 15) is 4.79 Å². The minimum absolute atomic E-state index is 0.0370. The van der Waals surface area contributed by atoms with E-state index >= 15 is 0 Å². The van der Waals surface area contributed by atoms with Crippen LogP contribution in [-0.2, 0) is 9.53 Å². The van der Waals surface area contributed by atoms with Crippen LogP contribution in [0.2, 0.25) is 0 Å². The van der Waals surface area contributed by atoms with Crippen LogP contribution < -0.4 is 0 Å². The molecule has 0 spiro atoms. The quantitative estimate of drug-likeness (QED) is 0.694. The van der Waals surface area contributed by atoms with E-state index in [1.54, 1.807) is 0 Å². The van der Waals surface area contributed by atoms with Crippen molar-refractivity contribution in [2.24, 2.45) is 5.92 Å². The monoisotopic (exact) mass is 231 g/mol. The molecule has 0 radical (unpaired) electrons. The van der Waals surface area contributed by atoms with E-state index in [4.69, 9.17) is 16.3 Å². The van der Waals surface area contributed by atoms with Crippen LogP contribution in [0.4, 0.5) is 0 Å². The molecule has 0 N–H and O–H groups in total. The minimum Gasteiger partial charge on any atom is -0.466 e. The molecule has 0 aromatic heterocycles. The molecule has 0 aromatic carbocycles. The number of piperidine rings is 1. The Labute approximate surface area is 96.0 Å². The van der Waals surface area contributed by atoms with Crippen molar-refractivity contribution in [2.75, 3.05) is 26.2 Å². The fourth-order valence-electron chi connectivity index (χ4n) is 1.80. The Bertz CT molecular complexity index is 223. The van der Waals surface area contributed by atoms with Gasteiger partial charge in [-0.25, -0.2) is 0 Å². The van der Waals surface area contributed by atoms with Crippen molar-refractivity contribution in [3.05, 3.63) is 11.6 Å². The molecule has 0 aromatic rings. The van der Waals surface area contributed by atoms with Gasteiger partial charge in [0, 0.05) is 12.1 Å². The standard InChI is InChI=1S/C11H18ClNO2/c1-2-15-11(14)10-4-8-13(9-5-10)7-3-6-12/h3,6,10H,2,4-5,7-9H2,1H3/b6-3+. The molecule has 0 bridgehead atoms. The third-order valence-electron chi connectivity index (χ3n) is 2.66. The number of halogens is 1. The van der Waals surface area contributed by atoms with Gasteiger partial charge in [-0.2, -0.15) is 0 Å². The Hall–Kier alpha value is -0.540. The highest BCUT2D eigenvalue weighted by molar-refractivity contribution is 6.25. The van der Waals surface area contributed by atoms with Crippen LogP contribution in [-0.4, -0.2) is 37.1 Å². The molecule has 86 valence electrons. The fraction of sp³-hybridized carbons (Fsp3) is 0.727. The Morgan fingerprint density at radius 3 is 2.73 bits per heavy atom. The number of hydrogen-bond acceptors (Lipinski definition) is 3. The van der Waals surface area contributed by atoms with Gasteiger partial charge in [0.05, 0.1) is 12.5 Å². The van der Waals surface area contributed by atoms with Crippen LogP contribution in [0.25, 0.3) is 0 Å². The maximum absolute atomic E-state index is 11.4. The lowest BCUT2D eigenvalue weighted by Gasteiger charge is -2.29. The van der Waals surface area contributed by atoms with E-state index in [1.807, 2.05) is 13.0 Å². The zero-order chi connectivity index (χ0) is 11.1. The summed E-state index contributed by atoms with van der Waals surface area (Å²) in [4.78, 5) is 13.7. The van der Waals surface area contributed by atoms with Gasteiger partial charge < -0.3 is 4.74 Å². The van der Waals surface area contributed by atoms with Crippen molar-refractivity contribution in [1.82, 2.24) is 4.90 Å². The van der Waals surface area contributed by atoms with E-state index in [2.05, 4.69) is 4.90 Å². The lowest BCUT2D eigenvalue weighted by molar-refractivity contribution is -0.149. The first-order valence-electron chi connectivity index (χ1n) is 5.42. The van der Waals surface area contributed by atoms with Crippen LogP contribution in [0, 0.1) is 5.92 Å². The largest absolute Gasteiger partial charge is 0.466 e. The molecule has 0 atom stereocenters. The molecule has 0 unspecified atom stereocenters. The summed E-state index contributed by atoms with van der Waals surface area (Å²) in [7, 11) is 0. The maximum Gasteiger partial charge on any atom is 0.309 e. The van der Waals surface area contributed by atoms with E-state index in [-0.39, 0.29) is 11.9 Å². The van der Waals surface area contributed by atoms with Crippen LogP contribution in [0.5, 0.6) is 0 Å². The number of rotatable bonds is 4. The molecule has 1 fully saturated rings. The average Bonchev–Trinajstić information content (AvgIpc) is 2.27. The average molecular weight is 232 g/mol. The molecular weight excluding hydrogens is 214 g/mol. The van der Waals surface area contributed by atoms with E-state index in [0.717, 1.165) is 32.5 Å².